The fourth-order valence-electron chi connectivity index (χ4n) is 3.36. The van der Waals surface area contributed by atoms with Crippen molar-refractivity contribution in [1.82, 2.24) is 19.5 Å². The predicted molar refractivity (Wildman–Crippen MR) is 101 cm³/mol. The molecule has 2 aliphatic heterocycles. The van der Waals surface area contributed by atoms with Crippen LogP contribution in [0.5, 0.6) is 0 Å². The third kappa shape index (κ3) is 2.96. The van der Waals surface area contributed by atoms with Gasteiger partial charge in [0, 0.05) is 38.0 Å². The van der Waals surface area contributed by atoms with Gasteiger partial charge in [-0.05, 0) is 12.8 Å². The summed E-state index contributed by atoms with van der Waals surface area (Å²) in [6.45, 7) is 6.91. The molecule has 27 heavy (non-hydrogen) atoms. The van der Waals surface area contributed by atoms with Gasteiger partial charge in [-0.15, -0.1) is 0 Å². The van der Waals surface area contributed by atoms with Crippen LogP contribution in [-0.4, -0.2) is 69.4 Å². The number of carbonyl (C=O) groups excluding carboxylic acids is 1. The molecule has 1 atom stereocenters. The smallest absolute Gasteiger partial charge is 0.289 e. The van der Waals surface area contributed by atoms with Gasteiger partial charge >= 0.3 is 0 Å². The molecule has 0 aliphatic carbocycles. The zero-order valence-electron chi connectivity index (χ0n) is 15.8. The molecule has 0 saturated carbocycles. The number of fused-ring (bicyclic) bond motifs is 1. The summed E-state index contributed by atoms with van der Waals surface area (Å²) in [7, 11) is 2.01. The Labute approximate surface area is 156 Å². The summed E-state index contributed by atoms with van der Waals surface area (Å²) < 4.78 is 15.8. The van der Waals surface area contributed by atoms with Crippen LogP contribution in [-0.2, 0) is 4.79 Å². The summed E-state index contributed by atoms with van der Waals surface area (Å²) in [4.78, 5) is 28.5. The number of anilines is 1. The van der Waals surface area contributed by atoms with Gasteiger partial charge in [0.2, 0.25) is 12.1 Å². The highest BCUT2D eigenvalue weighted by Crippen LogP contribution is 2.24. The summed E-state index contributed by atoms with van der Waals surface area (Å²) in [5, 5.41) is 4.35. The molecule has 2 aliphatic rings. The van der Waals surface area contributed by atoms with E-state index in [0.29, 0.717) is 19.0 Å². The minimum Gasteiger partial charge on any atom is -0.353 e. The molecule has 0 radical (unpaired) electrons. The minimum absolute atomic E-state index is 0.137. The Morgan fingerprint density at radius 3 is 2.74 bits per heavy atom. The molecular formula is C18H22FN7O. The topological polar surface area (TPSA) is 78.5 Å². The van der Waals surface area contributed by atoms with Gasteiger partial charge in [-0.25, -0.2) is 14.4 Å². The average Bonchev–Trinajstić information content (AvgIpc) is 3.03. The molecule has 4 rings (SSSR count). The Balaban J connectivity index is 1.51. The van der Waals surface area contributed by atoms with Crippen LogP contribution in [0.1, 0.15) is 19.5 Å². The van der Waals surface area contributed by atoms with E-state index in [2.05, 4.69) is 25.0 Å². The van der Waals surface area contributed by atoms with Gasteiger partial charge in [0.15, 0.2) is 5.65 Å². The molecule has 0 bridgehead atoms. The molecule has 2 aromatic heterocycles. The molecule has 1 fully saturated rings. The average molecular weight is 371 g/mol. The third-order valence-electron chi connectivity index (χ3n) is 5.03. The number of halogens is 1. The van der Waals surface area contributed by atoms with Gasteiger partial charge in [-0.2, -0.15) is 14.6 Å². The summed E-state index contributed by atoms with van der Waals surface area (Å²) >= 11 is 0. The van der Waals surface area contributed by atoms with Crippen LogP contribution in [0, 0.1) is 12.8 Å². The van der Waals surface area contributed by atoms with E-state index in [1.807, 2.05) is 44.9 Å². The Bertz CT molecular complexity index is 958. The summed E-state index contributed by atoms with van der Waals surface area (Å²) in [5.74, 6) is 0.368. The number of hydrogen-bond acceptors (Lipinski definition) is 6. The Morgan fingerprint density at radius 1 is 1.30 bits per heavy atom. The van der Waals surface area contributed by atoms with Crippen LogP contribution in [0.3, 0.4) is 0 Å². The van der Waals surface area contributed by atoms with Crippen molar-refractivity contribution in [2.75, 3.05) is 25.0 Å². The first-order chi connectivity index (χ1) is 12.8. The van der Waals surface area contributed by atoms with Crippen molar-refractivity contribution in [1.29, 1.82) is 0 Å². The van der Waals surface area contributed by atoms with Gasteiger partial charge in [-0.1, -0.05) is 13.8 Å². The molecule has 0 N–H and O–H groups in total. The zero-order chi connectivity index (χ0) is 19.3. The van der Waals surface area contributed by atoms with Crippen molar-refractivity contribution in [3.63, 3.8) is 0 Å². The van der Waals surface area contributed by atoms with Crippen LogP contribution >= 0.6 is 0 Å². The second-order valence-electron chi connectivity index (χ2n) is 7.33. The number of amides is 1. The van der Waals surface area contributed by atoms with E-state index in [0.717, 1.165) is 17.2 Å². The molecule has 2 aromatic rings. The SMILES string of the molecule is Cc1cc(N(C)C2CN(C3=NC(=O)C(F)C(C(C)C)=N3)C2)n2nccc2n1. The molecule has 8 nitrogen and oxygen atoms in total. The minimum atomic E-state index is -1.72. The molecule has 1 saturated heterocycles. The first-order valence-electron chi connectivity index (χ1n) is 8.99. The summed E-state index contributed by atoms with van der Waals surface area (Å²) in [5.41, 5.74) is 1.98. The molecule has 9 heteroatoms. The Kier molecular flexibility index (Phi) is 4.16. The molecule has 4 heterocycles. The standard InChI is InChI=1S/C18H22FN7O/c1-10(2)16-15(19)17(27)23-18(22-16)25-8-12(9-25)24(4)14-7-11(3)21-13-5-6-20-26(13)14/h5-7,10,12,15H,8-9H2,1-4H3. The number of likely N-dealkylation sites (N-methyl/N-ethyl adjacent to an activating group) is 1. The number of nitrogens with zero attached hydrogens (tertiary/aromatic N) is 7. The van der Waals surface area contributed by atoms with Crippen molar-refractivity contribution < 1.29 is 9.18 Å². The van der Waals surface area contributed by atoms with E-state index in [4.69, 9.17) is 0 Å². The van der Waals surface area contributed by atoms with E-state index in [1.165, 1.54) is 0 Å². The van der Waals surface area contributed by atoms with E-state index < -0.39 is 12.1 Å². The molecular weight excluding hydrogens is 349 g/mol. The van der Waals surface area contributed by atoms with Crippen LogP contribution < -0.4 is 4.90 Å². The van der Waals surface area contributed by atoms with Crippen molar-refractivity contribution in [2.24, 2.45) is 15.9 Å². The number of carbonyl (C=O) groups is 1. The number of hydrogen-bond donors (Lipinski definition) is 0. The first kappa shape index (κ1) is 17.6. The lowest BCUT2D eigenvalue weighted by molar-refractivity contribution is -0.120. The highest BCUT2D eigenvalue weighted by atomic mass is 19.1. The van der Waals surface area contributed by atoms with E-state index in [9.17, 15) is 9.18 Å². The second kappa shape index (κ2) is 6.40. The highest BCUT2D eigenvalue weighted by molar-refractivity contribution is 6.18. The molecule has 1 unspecified atom stereocenters. The predicted octanol–water partition coefficient (Wildman–Crippen LogP) is 1.49. The van der Waals surface area contributed by atoms with Gasteiger partial charge in [0.1, 0.15) is 5.82 Å². The lowest BCUT2D eigenvalue weighted by Crippen LogP contribution is -2.61. The van der Waals surface area contributed by atoms with Gasteiger partial charge in [0.05, 0.1) is 18.0 Å². The maximum Gasteiger partial charge on any atom is 0.289 e. The van der Waals surface area contributed by atoms with Crippen LogP contribution in [0.15, 0.2) is 28.3 Å². The zero-order valence-corrected chi connectivity index (χ0v) is 15.8. The number of aliphatic imine (C=N–C) groups is 2. The maximum absolute atomic E-state index is 14.0. The largest absolute Gasteiger partial charge is 0.353 e. The Morgan fingerprint density at radius 2 is 2.04 bits per heavy atom. The lowest BCUT2D eigenvalue weighted by atomic mass is 10.0. The van der Waals surface area contributed by atoms with Crippen LogP contribution in [0.4, 0.5) is 10.2 Å². The van der Waals surface area contributed by atoms with Gasteiger partial charge in [-0.3, -0.25) is 4.79 Å². The van der Waals surface area contributed by atoms with Crippen molar-refractivity contribution in [2.45, 2.75) is 33.0 Å². The molecule has 142 valence electrons. The summed E-state index contributed by atoms with van der Waals surface area (Å²) in [6.07, 6.45) is 0.00535. The van der Waals surface area contributed by atoms with Crippen LogP contribution in [0.25, 0.3) is 5.65 Å². The van der Waals surface area contributed by atoms with Crippen molar-refractivity contribution in [3.05, 3.63) is 24.0 Å². The second-order valence-corrected chi connectivity index (χ2v) is 7.33. The monoisotopic (exact) mass is 371 g/mol. The number of guanidine groups is 1. The van der Waals surface area contributed by atoms with E-state index in [-0.39, 0.29) is 17.7 Å². The molecule has 0 spiro atoms. The molecule has 0 aromatic carbocycles. The van der Waals surface area contributed by atoms with Crippen molar-refractivity contribution in [3.8, 4) is 0 Å². The number of rotatable bonds is 3. The number of alkyl halides is 1. The number of aryl methyl sites for hydroxylation is 1. The fraction of sp³-hybridized carbons (Fsp3) is 0.500. The molecule has 1 amide bonds. The third-order valence-corrected chi connectivity index (χ3v) is 5.03. The highest BCUT2D eigenvalue weighted by Gasteiger charge is 2.38. The van der Waals surface area contributed by atoms with Crippen molar-refractivity contribution >= 4 is 29.0 Å². The first-order valence-corrected chi connectivity index (χ1v) is 8.99. The quantitative estimate of drug-likeness (QED) is 0.817. The normalized spacial score (nSPS) is 20.7. The number of aromatic nitrogens is 3. The lowest BCUT2D eigenvalue weighted by Gasteiger charge is -2.45. The van der Waals surface area contributed by atoms with E-state index >= 15 is 0 Å². The van der Waals surface area contributed by atoms with E-state index in [1.54, 1.807) is 10.7 Å². The number of likely N-dealkylation sites (tertiary alicyclic amines) is 1. The maximum atomic E-state index is 14.0. The Hall–Kier alpha value is -2.84. The van der Waals surface area contributed by atoms with Gasteiger partial charge in [0.25, 0.3) is 5.91 Å². The summed E-state index contributed by atoms with van der Waals surface area (Å²) in [6, 6.07) is 4.07. The van der Waals surface area contributed by atoms with Crippen LogP contribution in [0.2, 0.25) is 0 Å². The fourth-order valence-corrected chi connectivity index (χ4v) is 3.36. The van der Waals surface area contributed by atoms with Gasteiger partial charge < -0.3 is 9.80 Å².